The van der Waals surface area contributed by atoms with Crippen LogP contribution in [0, 0.1) is 6.92 Å². The fourth-order valence-electron chi connectivity index (χ4n) is 2.17. The first kappa shape index (κ1) is 22.3. The van der Waals surface area contributed by atoms with Crippen molar-refractivity contribution in [2.24, 2.45) is 0 Å². The highest BCUT2D eigenvalue weighted by Gasteiger charge is 2.42. The minimum Gasteiger partial charge on any atom is -0.507 e. The van der Waals surface area contributed by atoms with Gasteiger partial charge < -0.3 is 35.4 Å². The zero-order chi connectivity index (χ0) is 19.1. The van der Waals surface area contributed by atoms with Crippen LogP contribution >= 0.6 is 0 Å². The molecule has 1 fully saturated rings. The van der Waals surface area contributed by atoms with Gasteiger partial charge in [-0.25, -0.2) is 4.90 Å². The Labute approximate surface area is 142 Å². The van der Waals surface area contributed by atoms with Crippen LogP contribution in [0.5, 0.6) is 23.0 Å². The lowest BCUT2D eigenvalue weighted by Crippen LogP contribution is -2.51. The van der Waals surface area contributed by atoms with E-state index >= 15 is 0 Å². The molecular weight excluding hydrogens is 318 g/mol. The van der Waals surface area contributed by atoms with Crippen LogP contribution in [0.3, 0.4) is 0 Å². The Morgan fingerprint density at radius 3 is 1.71 bits per heavy atom. The third-order valence-corrected chi connectivity index (χ3v) is 3.42. The molecule has 8 nitrogen and oxygen atoms in total. The summed E-state index contributed by atoms with van der Waals surface area (Å²) in [6.07, 6.45) is 0. The molecule has 2 rings (SSSR count). The highest BCUT2D eigenvalue weighted by atomic mass is 16.5. The van der Waals surface area contributed by atoms with Crippen molar-refractivity contribution >= 4 is 0 Å². The molecule has 0 aliphatic carbocycles. The molecular formula is C16H29NO7. The molecule has 1 heterocycles. The monoisotopic (exact) mass is 347 g/mol. The summed E-state index contributed by atoms with van der Waals surface area (Å²) in [4.78, 5) is 1.17. The molecule has 0 spiro atoms. The van der Waals surface area contributed by atoms with Gasteiger partial charge in [0, 0.05) is 18.7 Å². The van der Waals surface area contributed by atoms with Crippen LogP contribution in [0.15, 0.2) is 0 Å². The molecule has 24 heavy (non-hydrogen) atoms. The van der Waals surface area contributed by atoms with Crippen molar-refractivity contribution in [1.82, 2.24) is 4.90 Å². The Kier molecular flexibility index (Phi) is 8.84. The van der Waals surface area contributed by atoms with E-state index in [1.165, 1.54) is 11.8 Å². The molecule has 1 aliphatic rings. The molecule has 0 unspecified atom stereocenters. The second kappa shape index (κ2) is 9.53. The van der Waals surface area contributed by atoms with E-state index < -0.39 is 34.5 Å². The van der Waals surface area contributed by atoms with Crippen LogP contribution in [-0.2, 0) is 10.6 Å². The third kappa shape index (κ3) is 4.21. The average Bonchev–Trinajstić information content (AvgIpc) is 2.62. The summed E-state index contributed by atoms with van der Waals surface area (Å²) in [6.45, 7) is 10.1. The van der Waals surface area contributed by atoms with Crippen molar-refractivity contribution in [1.29, 1.82) is 0 Å². The van der Waals surface area contributed by atoms with Gasteiger partial charge in [-0.3, -0.25) is 0 Å². The molecule has 0 aromatic heterocycles. The number of morpholine rings is 1. The molecule has 0 saturated carbocycles. The minimum atomic E-state index is -2.70. The lowest BCUT2D eigenvalue weighted by Gasteiger charge is -2.38. The largest absolute Gasteiger partial charge is 0.507 e. The van der Waals surface area contributed by atoms with Gasteiger partial charge in [0.05, 0.1) is 13.2 Å². The molecule has 1 saturated heterocycles. The number of benzene rings is 1. The number of aromatic hydroxyl groups is 4. The Hall–Kier alpha value is -1.74. The van der Waals surface area contributed by atoms with Gasteiger partial charge in [-0.2, -0.15) is 0 Å². The molecule has 140 valence electrons. The highest BCUT2D eigenvalue weighted by Crippen LogP contribution is 2.50. The summed E-state index contributed by atoms with van der Waals surface area (Å²) < 4.78 is 5.08. The standard InChI is InChI=1S/C12H17NO7.2C2H6/c1-6-8(14)7(10(16)11(17)9(6)15)12(18,19)13-2-4-20-5-3-13;2*1-2/h14-19H,2-5H2,1H3;2*1-2H3. The normalized spacial score (nSPS) is 15.0. The number of phenols is 4. The van der Waals surface area contributed by atoms with E-state index in [2.05, 4.69) is 0 Å². The minimum absolute atomic E-state index is 0.159. The maximum absolute atomic E-state index is 10.2. The summed E-state index contributed by atoms with van der Waals surface area (Å²) in [6, 6.07) is 0. The second-order valence-corrected chi connectivity index (χ2v) is 4.63. The molecule has 0 radical (unpaired) electrons. The predicted octanol–water partition coefficient (Wildman–Crippen LogP) is 1.30. The fourth-order valence-corrected chi connectivity index (χ4v) is 2.17. The number of ether oxygens (including phenoxy) is 1. The van der Waals surface area contributed by atoms with E-state index in [4.69, 9.17) is 4.74 Å². The summed E-state index contributed by atoms with van der Waals surface area (Å²) in [5.74, 6) is -6.03. The molecule has 1 aliphatic heterocycles. The number of hydrogen-bond acceptors (Lipinski definition) is 8. The first-order chi connectivity index (χ1) is 11.3. The zero-order valence-electron chi connectivity index (χ0n) is 14.9. The van der Waals surface area contributed by atoms with Gasteiger partial charge in [0.25, 0.3) is 5.91 Å². The van der Waals surface area contributed by atoms with Crippen molar-refractivity contribution in [2.75, 3.05) is 26.3 Å². The Bertz CT molecular complexity index is 497. The second-order valence-electron chi connectivity index (χ2n) is 4.63. The molecule has 1 aromatic carbocycles. The SMILES string of the molecule is CC.CC.Cc1c(O)c(O)c(O)c(C(O)(O)N2CCOCC2)c1O. The smallest absolute Gasteiger partial charge is 0.261 e. The Morgan fingerprint density at radius 2 is 1.25 bits per heavy atom. The van der Waals surface area contributed by atoms with Gasteiger partial charge >= 0.3 is 0 Å². The predicted molar refractivity (Wildman–Crippen MR) is 89.0 cm³/mol. The van der Waals surface area contributed by atoms with E-state index in [1.54, 1.807) is 0 Å². The zero-order valence-corrected chi connectivity index (χ0v) is 14.9. The van der Waals surface area contributed by atoms with E-state index in [1.807, 2.05) is 27.7 Å². The van der Waals surface area contributed by atoms with Crippen LogP contribution in [-0.4, -0.2) is 61.8 Å². The maximum Gasteiger partial charge on any atom is 0.261 e. The van der Waals surface area contributed by atoms with Crippen LogP contribution in [0.4, 0.5) is 0 Å². The Morgan fingerprint density at radius 1 is 0.792 bits per heavy atom. The summed E-state index contributed by atoms with van der Waals surface area (Å²) >= 11 is 0. The van der Waals surface area contributed by atoms with Gasteiger partial charge in [-0.05, 0) is 6.92 Å². The summed E-state index contributed by atoms with van der Waals surface area (Å²) in [5.41, 5.74) is -0.844. The van der Waals surface area contributed by atoms with Crippen LogP contribution < -0.4 is 0 Å². The molecule has 0 amide bonds. The van der Waals surface area contributed by atoms with Crippen molar-refractivity contribution in [3.63, 3.8) is 0 Å². The summed E-state index contributed by atoms with van der Waals surface area (Å²) in [5, 5.41) is 59.3. The van der Waals surface area contributed by atoms with E-state index in [0.29, 0.717) is 0 Å². The van der Waals surface area contributed by atoms with Gasteiger partial charge in [-0.15, -0.1) is 0 Å². The lowest BCUT2D eigenvalue weighted by molar-refractivity contribution is -0.288. The van der Waals surface area contributed by atoms with Gasteiger partial charge in [-0.1, -0.05) is 27.7 Å². The molecule has 0 atom stereocenters. The van der Waals surface area contributed by atoms with Crippen LogP contribution in [0.2, 0.25) is 0 Å². The van der Waals surface area contributed by atoms with Crippen molar-refractivity contribution in [2.45, 2.75) is 40.5 Å². The van der Waals surface area contributed by atoms with Crippen molar-refractivity contribution < 1.29 is 35.4 Å². The first-order valence-electron chi connectivity index (χ1n) is 8.03. The van der Waals surface area contributed by atoms with E-state index in [0.717, 1.165) is 0 Å². The third-order valence-electron chi connectivity index (χ3n) is 3.42. The maximum atomic E-state index is 10.2. The number of phenolic OH excluding ortho intramolecular Hbond substituents is 4. The van der Waals surface area contributed by atoms with Gasteiger partial charge in [0.2, 0.25) is 5.75 Å². The molecule has 8 heteroatoms. The van der Waals surface area contributed by atoms with E-state index in [-0.39, 0.29) is 31.9 Å². The molecule has 0 bridgehead atoms. The number of rotatable bonds is 2. The van der Waals surface area contributed by atoms with Crippen molar-refractivity contribution in [3.8, 4) is 23.0 Å². The van der Waals surface area contributed by atoms with Crippen molar-refractivity contribution in [3.05, 3.63) is 11.1 Å². The molecule has 1 aromatic rings. The number of hydrogen-bond donors (Lipinski definition) is 6. The summed E-state index contributed by atoms with van der Waals surface area (Å²) in [7, 11) is 0. The van der Waals surface area contributed by atoms with E-state index in [9.17, 15) is 30.6 Å². The molecule has 6 N–H and O–H groups in total. The number of nitrogens with zero attached hydrogens (tertiary/aromatic N) is 1. The quantitative estimate of drug-likeness (QED) is 0.268. The van der Waals surface area contributed by atoms with Gasteiger partial charge in [0.1, 0.15) is 11.3 Å². The topological polar surface area (TPSA) is 134 Å². The fraction of sp³-hybridized carbons (Fsp3) is 0.625. The van der Waals surface area contributed by atoms with Gasteiger partial charge in [0.15, 0.2) is 11.5 Å². The first-order valence-corrected chi connectivity index (χ1v) is 8.03. The van der Waals surface area contributed by atoms with Crippen LogP contribution in [0.25, 0.3) is 0 Å². The average molecular weight is 347 g/mol. The highest BCUT2D eigenvalue weighted by molar-refractivity contribution is 5.65. The van der Waals surface area contributed by atoms with Crippen LogP contribution in [0.1, 0.15) is 38.8 Å². The Balaban J connectivity index is 0.00000123. The lowest BCUT2D eigenvalue weighted by atomic mass is 10.0. The number of aliphatic hydroxyl groups is 2.